The summed E-state index contributed by atoms with van der Waals surface area (Å²) in [5, 5.41) is 10.3. The molecule has 0 fully saturated rings. The third kappa shape index (κ3) is 4.12. The molecule has 0 radical (unpaired) electrons. The zero-order valence-electron chi connectivity index (χ0n) is 16.7. The third-order valence-corrected chi connectivity index (χ3v) is 4.85. The van der Waals surface area contributed by atoms with Crippen molar-refractivity contribution < 1.29 is 18.7 Å². The van der Waals surface area contributed by atoms with Crippen molar-refractivity contribution in [2.75, 3.05) is 29.7 Å². The van der Waals surface area contributed by atoms with Gasteiger partial charge in [-0.05, 0) is 11.6 Å². The fourth-order valence-electron chi connectivity index (χ4n) is 3.19. The van der Waals surface area contributed by atoms with Crippen molar-refractivity contribution in [2.24, 2.45) is 5.84 Å². The van der Waals surface area contributed by atoms with Gasteiger partial charge in [0.15, 0.2) is 0 Å². The second-order valence-corrected chi connectivity index (χ2v) is 6.95. The van der Waals surface area contributed by atoms with E-state index in [1.54, 1.807) is 19.2 Å². The fourth-order valence-corrected chi connectivity index (χ4v) is 3.19. The molecule has 11 heteroatoms. The van der Waals surface area contributed by atoms with Gasteiger partial charge < -0.3 is 30.5 Å². The Labute approximate surface area is 177 Å². The van der Waals surface area contributed by atoms with Crippen LogP contribution in [0.2, 0.25) is 0 Å². The molecule has 4 rings (SSSR count). The maximum Gasteiger partial charge on any atom is 0.309 e. The van der Waals surface area contributed by atoms with Gasteiger partial charge in [0.25, 0.3) is 5.91 Å². The van der Waals surface area contributed by atoms with Crippen molar-refractivity contribution in [3.63, 3.8) is 0 Å². The standard InChI is InChI=1S/C20H21N7O4/c1-27-15-8-12(21)13(24-22)9-16(15)30-10-14(20(27)29)23-18(28)19-26-25-17(31-19)7-11-5-3-2-4-6-11/h2-6,8-9,14,24H,7,10,21-22H2,1H3,(H,23,28). The number of benzene rings is 2. The summed E-state index contributed by atoms with van der Waals surface area (Å²) < 4.78 is 11.2. The lowest BCUT2D eigenvalue weighted by atomic mass is 10.2. The van der Waals surface area contributed by atoms with Crippen LogP contribution in [0, 0.1) is 0 Å². The van der Waals surface area contributed by atoms with E-state index in [1.165, 1.54) is 4.90 Å². The number of hydrogen-bond acceptors (Lipinski definition) is 9. The van der Waals surface area contributed by atoms with E-state index in [1.807, 2.05) is 30.3 Å². The first-order valence-electron chi connectivity index (χ1n) is 9.44. The highest BCUT2D eigenvalue weighted by Gasteiger charge is 2.32. The lowest BCUT2D eigenvalue weighted by Gasteiger charge is -2.20. The molecule has 1 aliphatic heterocycles. The number of anilines is 3. The summed E-state index contributed by atoms with van der Waals surface area (Å²) in [4.78, 5) is 26.8. The minimum absolute atomic E-state index is 0.0964. The van der Waals surface area contributed by atoms with Crippen LogP contribution in [-0.4, -0.2) is 41.7 Å². The van der Waals surface area contributed by atoms with Crippen LogP contribution in [0.4, 0.5) is 17.1 Å². The molecule has 0 bridgehead atoms. The summed E-state index contributed by atoms with van der Waals surface area (Å²) in [6.45, 7) is -0.0964. The first-order chi connectivity index (χ1) is 15.0. The van der Waals surface area contributed by atoms with Gasteiger partial charge in [-0.25, -0.2) is 0 Å². The number of nitrogens with zero attached hydrogens (tertiary/aromatic N) is 3. The van der Waals surface area contributed by atoms with E-state index >= 15 is 0 Å². The summed E-state index contributed by atoms with van der Waals surface area (Å²) in [6, 6.07) is 11.7. The third-order valence-electron chi connectivity index (χ3n) is 4.85. The largest absolute Gasteiger partial charge is 0.489 e. The van der Waals surface area contributed by atoms with Crippen molar-refractivity contribution in [1.82, 2.24) is 15.5 Å². The summed E-state index contributed by atoms with van der Waals surface area (Å²) in [6.07, 6.45) is 0.392. The molecule has 3 aromatic rings. The highest BCUT2D eigenvalue weighted by Crippen LogP contribution is 2.36. The maximum atomic E-state index is 12.9. The fraction of sp³-hybridized carbons (Fsp3) is 0.200. The number of ether oxygens (including phenoxy) is 1. The van der Waals surface area contributed by atoms with Crippen LogP contribution in [0.1, 0.15) is 22.1 Å². The molecule has 2 amide bonds. The number of fused-ring (bicyclic) bond motifs is 1. The Morgan fingerprint density at radius 1 is 1.26 bits per heavy atom. The topological polar surface area (TPSA) is 162 Å². The predicted octanol–water partition coefficient (Wildman–Crippen LogP) is 0.682. The second-order valence-electron chi connectivity index (χ2n) is 6.95. The van der Waals surface area contributed by atoms with Crippen molar-refractivity contribution in [1.29, 1.82) is 0 Å². The van der Waals surface area contributed by atoms with Crippen LogP contribution in [0.5, 0.6) is 5.75 Å². The van der Waals surface area contributed by atoms with E-state index in [-0.39, 0.29) is 18.4 Å². The number of carbonyl (C=O) groups excluding carboxylic acids is 2. The lowest BCUT2D eigenvalue weighted by Crippen LogP contribution is -2.49. The molecule has 6 N–H and O–H groups in total. The molecule has 1 aromatic heterocycles. The summed E-state index contributed by atoms with van der Waals surface area (Å²) in [7, 11) is 1.56. The Balaban J connectivity index is 1.47. The Hall–Kier alpha value is -4.12. The molecular formula is C20H21N7O4. The van der Waals surface area contributed by atoms with Crippen molar-refractivity contribution in [3.8, 4) is 5.75 Å². The Morgan fingerprint density at radius 2 is 2.03 bits per heavy atom. The molecule has 1 unspecified atom stereocenters. The zero-order valence-corrected chi connectivity index (χ0v) is 16.7. The highest BCUT2D eigenvalue weighted by molar-refractivity contribution is 6.03. The average Bonchev–Trinajstić information content (AvgIpc) is 3.21. The normalized spacial score (nSPS) is 15.6. The highest BCUT2D eigenvalue weighted by atomic mass is 16.5. The van der Waals surface area contributed by atoms with E-state index in [0.717, 1.165) is 5.56 Å². The molecule has 31 heavy (non-hydrogen) atoms. The number of rotatable bonds is 5. The van der Waals surface area contributed by atoms with Gasteiger partial charge in [0, 0.05) is 13.1 Å². The molecule has 0 aliphatic carbocycles. The smallest absolute Gasteiger partial charge is 0.309 e. The van der Waals surface area contributed by atoms with Gasteiger partial charge in [0.05, 0.1) is 23.5 Å². The number of aromatic nitrogens is 2. The number of nitrogens with one attached hydrogen (secondary N) is 2. The molecular weight excluding hydrogens is 402 g/mol. The van der Waals surface area contributed by atoms with Crippen LogP contribution in [-0.2, 0) is 11.2 Å². The van der Waals surface area contributed by atoms with Crippen LogP contribution >= 0.6 is 0 Å². The molecule has 0 spiro atoms. The number of nitrogens with two attached hydrogens (primary N) is 2. The van der Waals surface area contributed by atoms with Gasteiger partial charge >= 0.3 is 11.8 Å². The lowest BCUT2D eigenvalue weighted by molar-refractivity contribution is -0.120. The Bertz CT molecular complexity index is 1120. The van der Waals surface area contributed by atoms with Crippen LogP contribution in [0.3, 0.4) is 0 Å². The minimum atomic E-state index is -0.968. The van der Waals surface area contributed by atoms with E-state index in [4.69, 9.17) is 20.7 Å². The second kappa shape index (κ2) is 8.32. The maximum absolute atomic E-state index is 12.9. The average molecular weight is 423 g/mol. The van der Waals surface area contributed by atoms with Gasteiger partial charge in [0.2, 0.25) is 5.89 Å². The Kier molecular flexibility index (Phi) is 5.41. The Morgan fingerprint density at radius 3 is 2.77 bits per heavy atom. The van der Waals surface area contributed by atoms with Crippen molar-refractivity contribution in [2.45, 2.75) is 12.5 Å². The van der Waals surface area contributed by atoms with Crippen LogP contribution in [0.15, 0.2) is 46.9 Å². The van der Waals surface area contributed by atoms with Gasteiger partial charge in [-0.1, -0.05) is 30.3 Å². The number of carbonyl (C=O) groups is 2. The first kappa shape index (κ1) is 20.2. The molecule has 11 nitrogen and oxygen atoms in total. The van der Waals surface area contributed by atoms with Crippen LogP contribution < -0.4 is 32.0 Å². The molecule has 2 aromatic carbocycles. The predicted molar refractivity (Wildman–Crippen MR) is 112 cm³/mol. The van der Waals surface area contributed by atoms with E-state index in [9.17, 15) is 9.59 Å². The molecule has 0 saturated carbocycles. The van der Waals surface area contributed by atoms with Crippen molar-refractivity contribution >= 4 is 28.9 Å². The van der Waals surface area contributed by atoms with Gasteiger partial charge in [0.1, 0.15) is 18.4 Å². The number of hydrogen-bond donors (Lipinski definition) is 4. The molecule has 1 aliphatic rings. The van der Waals surface area contributed by atoms with Gasteiger partial charge in [-0.2, -0.15) is 0 Å². The number of amides is 2. The minimum Gasteiger partial charge on any atom is -0.489 e. The van der Waals surface area contributed by atoms with Crippen LogP contribution in [0.25, 0.3) is 0 Å². The van der Waals surface area contributed by atoms with E-state index in [0.29, 0.717) is 35.1 Å². The van der Waals surface area contributed by atoms with E-state index < -0.39 is 11.9 Å². The number of likely N-dealkylation sites (N-methyl/N-ethyl adjacent to an activating group) is 1. The summed E-state index contributed by atoms with van der Waals surface area (Å²) in [5.74, 6) is 4.85. The molecule has 160 valence electrons. The van der Waals surface area contributed by atoms with Gasteiger partial charge in [-0.15, -0.1) is 10.2 Å². The zero-order chi connectivity index (χ0) is 22.0. The van der Waals surface area contributed by atoms with Gasteiger partial charge in [-0.3, -0.25) is 15.4 Å². The number of hydrazine groups is 1. The molecule has 1 atom stereocenters. The number of nitrogen functional groups attached to an aromatic ring is 2. The summed E-state index contributed by atoms with van der Waals surface area (Å²) in [5.41, 5.74) is 10.6. The van der Waals surface area contributed by atoms with Crippen molar-refractivity contribution in [3.05, 3.63) is 59.8 Å². The SMILES string of the molecule is CN1C(=O)C(NC(=O)c2nnc(Cc3ccccc3)o2)COc2cc(NN)c(N)cc21. The van der Waals surface area contributed by atoms with E-state index in [2.05, 4.69) is 20.9 Å². The molecule has 0 saturated heterocycles. The summed E-state index contributed by atoms with van der Waals surface area (Å²) >= 11 is 0. The monoisotopic (exact) mass is 423 g/mol. The quantitative estimate of drug-likeness (QED) is 0.263. The molecule has 2 heterocycles. The first-order valence-corrected chi connectivity index (χ1v) is 9.44.